The quantitative estimate of drug-likeness (QED) is 0.297. The molecule has 0 saturated carbocycles. The van der Waals surface area contributed by atoms with E-state index in [4.69, 9.17) is 0 Å². The van der Waals surface area contributed by atoms with Crippen molar-refractivity contribution in [3.63, 3.8) is 0 Å². The Hall–Kier alpha value is -3.10. The maximum Gasteiger partial charge on any atom is 0.416 e. The molecule has 0 aliphatic heterocycles. The van der Waals surface area contributed by atoms with Gasteiger partial charge in [-0.15, -0.1) is 0 Å². The summed E-state index contributed by atoms with van der Waals surface area (Å²) in [5.41, 5.74) is 0.660. The number of carbonyl (C=O) groups excluding carboxylic acids is 1. The molecule has 2 aromatic rings. The second-order valence-electron chi connectivity index (χ2n) is 6.27. The molecule has 0 bridgehead atoms. The molecule has 0 aromatic heterocycles. The summed E-state index contributed by atoms with van der Waals surface area (Å²) in [5.74, 6) is -0.400. The third kappa shape index (κ3) is 6.78. The van der Waals surface area contributed by atoms with E-state index < -0.39 is 23.5 Å². The molecule has 1 amide bonds. The number of nitrogens with zero attached hydrogens (tertiary/aromatic N) is 1. The van der Waals surface area contributed by atoms with Crippen molar-refractivity contribution in [3.05, 3.63) is 70.5 Å². The van der Waals surface area contributed by atoms with Crippen molar-refractivity contribution < 1.29 is 22.4 Å². The minimum absolute atomic E-state index is 0.234. The number of guanidine groups is 1. The van der Waals surface area contributed by atoms with Gasteiger partial charge < -0.3 is 16.0 Å². The topological polar surface area (TPSA) is 65.5 Å². The Labute approximate surface area is 166 Å². The van der Waals surface area contributed by atoms with Gasteiger partial charge in [0.25, 0.3) is 5.91 Å². The summed E-state index contributed by atoms with van der Waals surface area (Å²) < 4.78 is 51.2. The van der Waals surface area contributed by atoms with Crippen molar-refractivity contribution in [1.29, 1.82) is 0 Å². The van der Waals surface area contributed by atoms with Crippen LogP contribution >= 0.6 is 0 Å². The lowest BCUT2D eigenvalue weighted by atomic mass is 10.1. The van der Waals surface area contributed by atoms with E-state index in [-0.39, 0.29) is 18.7 Å². The normalized spacial score (nSPS) is 11.9. The van der Waals surface area contributed by atoms with E-state index in [1.54, 1.807) is 20.0 Å². The van der Waals surface area contributed by atoms with Gasteiger partial charge >= 0.3 is 6.18 Å². The third-order valence-corrected chi connectivity index (χ3v) is 4.10. The maximum absolute atomic E-state index is 13.5. The van der Waals surface area contributed by atoms with E-state index in [0.29, 0.717) is 23.6 Å². The van der Waals surface area contributed by atoms with Gasteiger partial charge in [0.15, 0.2) is 5.96 Å². The van der Waals surface area contributed by atoms with E-state index in [9.17, 15) is 22.4 Å². The first-order valence-electron chi connectivity index (χ1n) is 8.85. The van der Waals surface area contributed by atoms with E-state index in [0.717, 1.165) is 12.1 Å². The predicted molar refractivity (Wildman–Crippen MR) is 103 cm³/mol. The number of nitrogens with one attached hydrogen (secondary N) is 3. The molecule has 2 rings (SSSR count). The highest BCUT2D eigenvalue weighted by molar-refractivity contribution is 5.94. The van der Waals surface area contributed by atoms with Crippen molar-refractivity contribution in [2.45, 2.75) is 19.6 Å². The number of hydrogen-bond acceptors (Lipinski definition) is 2. The smallest absolute Gasteiger partial charge is 0.355 e. The molecule has 0 radical (unpaired) electrons. The molecule has 0 spiro atoms. The Morgan fingerprint density at radius 3 is 2.24 bits per heavy atom. The Morgan fingerprint density at radius 2 is 1.66 bits per heavy atom. The molecule has 2 aromatic carbocycles. The fraction of sp³-hybridized carbons (Fsp3) is 0.300. The van der Waals surface area contributed by atoms with Crippen LogP contribution in [0.4, 0.5) is 17.6 Å². The minimum atomic E-state index is -4.36. The summed E-state index contributed by atoms with van der Waals surface area (Å²) in [4.78, 5) is 16.0. The summed E-state index contributed by atoms with van der Waals surface area (Å²) in [5, 5.41) is 8.61. The molecule has 29 heavy (non-hydrogen) atoms. The number of benzene rings is 2. The summed E-state index contributed by atoms with van der Waals surface area (Å²) in [6, 6.07) is 9.10. The number of hydrogen-bond donors (Lipinski definition) is 3. The number of carbonyl (C=O) groups is 1. The van der Waals surface area contributed by atoms with Crippen LogP contribution in [-0.4, -0.2) is 32.0 Å². The summed E-state index contributed by atoms with van der Waals surface area (Å²) >= 11 is 0. The highest BCUT2D eigenvalue weighted by atomic mass is 19.4. The molecule has 0 aliphatic rings. The lowest BCUT2D eigenvalue weighted by Gasteiger charge is -2.13. The maximum atomic E-state index is 13.5. The van der Waals surface area contributed by atoms with Crippen LogP contribution in [-0.2, 0) is 12.7 Å². The number of alkyl halides is 3. The van der Waals surface area contributed by atoms with Gasteiger partial charge in [-0.3, -0.25) is 9.79 Å². The third-order valence-electron chi connectivity index (χ3n) is 4.10. The zero-order valence-electron chi connectivity index (χ0n) is 16.0. The van der Waals surface area contributed by atoms with Gasteiger partial charge in [-0.1, -0.05) is 18.2 Å². The van der Waals surface area contributed by atoms with Gasteiger partial charge in [0, 0.05) is 32.2 Å². The second-order valence-corrected chi connectivity index (χ2v) is 6.27. The molecule has 0 aliphatic carbocycles. The van der Waals surface area contributed by atoms with Crippen molar-refractivity contribution in [2.24, 2.45) is 4.99 Å². The van der Waals surface area contributed by atoms with E-state index >= 15 is 0 Å². The molecular weight excluding hydrogens is 388 g/mol. The molecule has 0 unspecified atom stereocenters. The van der Waals surface area contributed by atoms with Gasteiger partial charge in [-0.05, 0) is 42.3 Å². The molecule has 156 valence electrons. The molecule has 0 saturated heterocycles. The Balaban J connectivity index is 1.75. The molecule has 0 heterocycles. The van der Waals surface area contributed by atoms with E-state index in [1.165, 1.54) is 24.3 Å². The molecule has 0 atom stereocenters. The van der Waals surface area contributed by atoms with Crippen LogP contribution in [0.25, 0.3) is 0 Å². The van der Waals surface area contributed by atoms with Crippen molar-refractivity contribution in [1.82, 2.24) is 16.0 Å². The summed E-state index contributed by atoms with van der Waals surface area (Å²) in [7, 11) is 1.55. The zero-order valence-corrected chi connectivity index (χ0v) is 16.0. The van der Waals surface area contributed by atoms with Crippen molar-refractivity contribution >= 4 is 11.9 Å². The van der Waals surface area contributed by atoms with Gasteiger partial charge in [0.2, 0.25) is 0 Å². The van der Waals surface area contributed by atoms with Crippen LogP contribution in [0.3, 0.4) is 0 Å². The zero-order chi connectivity index (χ0) is 21.4. The van der Waals surface area contributed by atoms with Crippen molar-refractivity contribution in [3.8, 4) is 0 Å². The summed E-state index contributed by atoms with van der Waals surface area (Å²) in [6.07, 6.45) is -4.36. The van der Waals surface area contributed by atoms with E-state index in [2.05, 4.69) is 20.9 Å². The summed E-state index contributed by atoms with van der Waals surface area (Å²) in [6.45, 7) is 2.53. The first kappa shape index (κ1) is 22.2. The SMILES string of the molecule is CN=C(NCCNC(=O)c1ccc(C)c(F)c1)NCc1ccc(C(F)(F)F)cc1. The molecular formula is C20H22F4N4O. The van der Waals surface area contributed by atoms with Crippen LogP contribution in [0.2, 0.25) is 0 Å². The number of amides is 1. The highest BCUT2D eigenvalue weighted by Gasteiger charge is 2.29. The number of rotatable bonds is 6. The number of halogens is 4. The Morgan fingerprint density at radius 1 is 1.00 bits per heavy atom. The average Bonchev–Trinajstić information content (AvgIpc) is 2.69. The van der Waals surface area contributed by atoms with Crippen LogP contribution in [0, 0.1) is 12.7 Å². The van der Waals surface area contributed by atoms with Crippen LogP contribution in [0.5, 0.6) is 0 Å². The minimum Gasteiger partial charge on any atom is -0.355 e. The van der Waals surface area contributed by atoms with E-state index in [1.807, 2.05) is 0 Å². The Kier molecular flexibility index (Phi) is 7.58. The fourth-order valence-corrected chi connectivity index (χ4v) is 2.41. The number of aryl methyl sites for hydroxylation is 1. The molecule has 0 fully saturated rings. The highest BCUT2D eigenvalue weighted by Crippen LogP contribution is 2.29. The standard InChI is InChI=1S/C20H22F4N4O/c1-13-3-6-15(11-17(13)21)18(29)26-9-10-27-19(25-2)28-12-14-4-7-16(8-5-14)20(22,23)24/h3-8,11H,9-10,12H2,1-2H3,(H,26,29)(H2,25,27,28). The lowest BCUT2D eigenvalue weighted by Crippen LogP contribution is -2.41. The van der Waals surface area contributed by atoms with Gasteiger partial charge in [-0.2, -0.15) is 13.2 Å². The Bertz CT molecular complexity index is 864. The van der Waals surface area contributed by atoms with Gasteiger partial charge in [0.1, 0.15) is 5.82 Å². The van der Waals surface area contributed by atoms with Gasteiger partial charge in [-0.25, -0.2) is 4.39 Å². The van der Waals surface area contributed by atoms with Crippen LogP contribution in [0.15, 0.2) is 47.5 Å². The molecule has 3 N–H and O–H groups in total. The van der Waals surface area contributed by atoms with Gasteiger partial charge in [0.05, 0.1) is 5.56 Å². The first-order chi connectivity index (χ1) is 13.7. The fourth-order valence-electron chi connectivity index (χ4n) is 2.41. The average molecular weight is 410 g/mol. The van der Waals surface area contributed by atoms with Crippen LogP contribution in [0.1, 0.15) is 27.0 Å². The first-order valence-corrected chi connectivity index (χ1v) is 8.85. The largest absolute Gasteiger partial charge is 0.416 e. The predicted octanol–water partition coefficient (Wildman–Crippen LogP) is 3.25. The van der Waals surface area contributed by atoms with Crippen molar-refractivity contribution in [2.75, 3.05) is 20.1 Å². The number of aliphatic imine (C=N–C) groups is 1. The van der Waals surface area contributed by atoms with Crippen LogP contribution < -0.4 is 16.0 Å². The second kappa shape index (κ2) is 9.90. The molecule has 5 nitrogen and oxygen atoms in total. The molecule has 9 heteroatoms. The lowest BCUT2D eigenvalue weighted by molar-refractivity contribution is -0.137. The monoisotopic (exact) mass is 410 g/mol.